The first kappa shape index (κ1) is 24.2. The van der Waals surface area contributed by atoms with Crippen molar-refractivity contribution in [3.05, 3.63) is 23.8 Å². The highest BCUT2D eigenvalue weighted by Crippen LogP contribution is 2.29. The van der Waals surface area contributed by atoms with E-state index in [9.17, 15) is 0 Å². The molecule has 1 aromatic rings. The van der Waals surface area contributed by atoms with Gasteiger partial charge in [0.15, 0.2) is 17.5 Å². The fraction of sp³-hybridized carbons (Fsp3) is 0.650. The average molecular weight is 507 g/mol. The summed E-state index contributed by atoms with van der Waals surface area (Å²) in [6.45, 7) is 5.54. The number of hydrogen-bond donors (Lipinski definition) is 2. The number of rotatable bonds is 8. The minimum Gasteiger partial charge on any atom is -0.493 e. The Morgan fingerprint density at radius 3 is 2.74 bits per heavy atom. The molecule has 1 aliphatic carbocycles. The van der Waals surface area contributed by atoms with E-state index in [0.29, 0.717) is 19.2 Å². The van der Waals surface area contributed by atoms with Crippen LogP contribution in [0.15, 0.2) is 23.2 Å². The van der Waals surface area contributed by atoms with Gasteiger partial charge in [-0.15, -0.1) is 24.0 Å². The highest BCUT2D eigenvalue weighted by atomic mass is 127. The lowest BCUT2D eigenvalue weighted by Gasteiger charge is -2.30. The molecular formula is C20H34IN3O2S. The van der Waals surface area contributed by atoms with Gasteiger partial charge >= 0.3 is 0 Å². The Morgan fingerprint density at radius 1 is 1.26 bits per heavy atom. The molecule has 2 atom stereocenters. The molecule has 2 rings (SSSR count). The van der Waals surface area contributed by atoms with Crippen molar-refractivity contribution in [2.75, 3.05) is 26.5 Å². The smallest absolute Gasteiger partial charge is 0.191 e. The minimum absolute atomic E-state index is 0. The van der Waals surface area contributed by atoms with Crippen LogP contribution in [0.25, 0.3) is 0 Å². The summed E-state index contributed by atoms with van der Waals surface area (Å²) in [6.07, 6.45) is 5.08. The molecule has 1 saturated carbocycles. The summed E-state index contributed by atoms with van der Waals surface area (Å²) < 4.78 is 11.0. The number of methoxy groups -OCH3 is 1. The minimum atomic E-state index is 0. The molecule has 7 heteroatoms. The molecule has 154 valence electrons. The van der Waals surface area contributed by atoms with Crippen LogP contribution in [0, 0.1) is 0 Å². The van der Waals surface area contributed by atoms with E-state index in [1.54, 1.807) is 7.11 Å². The van der Waals surface area contributed by atoms with Crippen molar-refractivity contribution in [2.45, 2.75) is 57.4 Å². The molecule has 0 aliphatic heterocycles. The van der Waals surface area contributed by atoms with Crippen molar-refractivity contribution < 1.29 is 9.47 Å². The molecule has 1 fully saturated rings. The lowest BCUT2D eigenvalue weighted by molar-refractivity contribution is 0.310. The van der Waals surface area contributed by atoms with E-state index >= 15 is 0 Å². The number of nitrogens with one attached hydrogen (secondary N) is 2. The number of benzene rings is 1. The zero-order chi connectivity index (χ0) is 18.8. The average Bonchev–Trinajstić information content (AvgIpc) is 2.66. The molecule has 5 nitrogen and oxygen atoms in total. The van der Waals surface area contributed by atoms with Crippen LogP contribution in [0.5, 0.6) is 11.5 Å². The number of thioether (sulfide) groups is 1. The lowest BCUT2D eigenvalue weighted by Crippen LogP contribution is -2.45. The van der Waals surface area contributed by atoms with Gasteiger partial charge in [0.05, 0.1) is 13.7 Å². The third-order valence-electron chi connectivity index (χ3n) is 4.58. The molecule has 1 aromatic carbocycles. The molecule has 0 bridgehead atoms. The van der Waals surface area contributed by atoms with Crippen molar-refractivity contribution >= 4 is 41.7 Å². The van der Waals surface area contributed by atoms with Crippen LogP contribution in [0.4, 0.5) is 0 Å². The number of nitrogens with zero attached hydrogens (tertiary/aromatic N) is 1. The van der Waals surface area contributed by atoms with E-state index < -0.39 is 0 Å². The van der Waals surface area contributed by atoms with Gasteiger partial charge in [0.1, 0.15) is 0 Å². The SMILES string of the molecule is CCOc1cc(CNC(=NC)NC2CCCC(SCC)C2)ccc1OC.I. The van der Waals surface area contributed by atoms with Crippen LogP contribution in [0.3, 0.4) is 0 Å². The Kier molecular flexibility index (Phi) is 12.0. The molecule has 0 saturated heterocycles. The number of halogens is 1. The molecule has 1 aliphatic rings. The van der Waals surface area contributed by atoms with Crippen LogP contribution in [0.2, 0.25) is 0 Å². The molecule has 27 heavy (non-hydrogen) atoms. The van der Waals surface area contributed by atoms with E-state index in [1.807, 2.05) is 26.1 Å². The lowest BCUT2D eigenvalue weighted by atomic mass is 9.95. The van der Waals surface area contributed by atoms with Crippen molar-refractivity contribution in [1.29, 1.82) is 0 Å². The van der Waals surface area contributed by atoms with Crippen LogP contribution >= 0.6 is 35.7 Å². The Hall–Kier alpha value is -0.830. The summed E-state index contributed by atoms with van der Waals surface area (Å²) in [4.78, 5) is 4.39. The first-order valence-electron chi connectivity index (χ1n) is 9.58. The standard InChI is InChI=1S/C20H33N3O2S.HI/c1-5-25-19-12-15(10-11-18(19)24-4)14-22-20(21-3)23-16-8-7-9-17(13-16)26-6-2;/h10-12,16-17H,5-9,13-14H2,1-4H3,(H2,21,22,23);1H. The second-order valence-corrected chi connectivity index (χ2v) is 8.01. The van der Waals surface area contributed by atoms with Gasteiger partial charge < -0.3 is 20.1 Å². The monoisotopic (exact) mass is 507 g/mol. The molecular weight excluding hydrogens is 473 g/mol. The highest BCUT2D eigenvalue weighted by Gasteiger charge is 2.22. The predicted octanol–water partition coefficient (Wildman–Crippen LogP) is 4.44. The van der Waals surface area contributed by atoms with Gasteiger partial charge in [0.25, 0.3) is 0 Å². The first-order valence-corrected chi connectivity index (χ1v) is 10.6. The van der Waals surface area contributed by atoms with Gasteiger partial charge in [-0.25, -0.2) is 0 Å². The second kappa shape index (κ2) is 13.4. The fourth-order valence-corrected chi connectivity index (χ4v) is 4.51. The Bertz CT molecular complexity index is 584. The van der Waals surface area contributed by atoms with Crippen molar-refractivity contribution in [3.63, 3.8) is 0 Å². The summed E-state index contributed by atoms with van der Waals surface area (Å²) in [5.74, 6) is 3.61. The molecule has 2 N–H and O–H groups in total. The van der Waals surface area contributed by atoms with E-state index in [1.165, 1.54) is 31.4 Å². The largest absolute Gasteiger partial charge is 0.493 e. The second-order valence-electron chi connectivity index (χ2n) is 6.43. The number of guanidine groups is 1. The summed E-state index contributed by atoms with van der Waals surface area (Å²) in [6, 6.07) is 6.54. The summed E-state index contributed by atoms with van der Waals surface area (Å²) in [7, 11) is 3.49. The number of ether oxygens (including phenoxy) is 2. The van der Waals surface area contributed by atoms with Crippen molar-refractivity contribution in [3.8, 4) is 11.5 Å². The third kappa shape index (κ3) is 7.97. The maximum absolute atomic E-state index is 5.66. The highest BCUT2D eigenvalue weighted by molar-refractivity contribution is 14.0. The molecule has 2 unspecified atom stereocenters. The van der Waals surface area contributed by atoms with Gasteiger partial charge in [-0.3, -0.25) is 4.99 Å². The van der Waals surface area contributed by atoms with Crippen molar-refractivity contribution in [1.82, 2.24) is 10.6 Å². The summed E-state index contributed by atoms with van der Waals surface area (Å²) in [5.41, 5.74) is 1.14. The molecule has 0 heterocycles. The maximum atomic E-state index is 5.66. The first-order chi connectivity index (χ1) is 12.7. The number of aliphatic imine (C=N–C) groups is 1. The van der Waals surface area contributed by atoms with E-state index in [4.69, 9.17) is 9.47 Å². The Balaban J connectivity index is 0.00000364. The molecule has 0 spiro atoms. The van der Waals surface area contributed by atoms with Gasteiger partial charge in [-0.1, -0.05) is 19.4 Å². The Morgan fingerprint density at radius 2 is 2.07 bits per heavy atom. The van der Waals surface area contributed by atoms with Gasteiger partial charge in [0.2, 0.25) is 0 Å². The molecule has 0 amide bonds. The van der Waals surface area contributed by atoms with E-state index in [0.717, 1.165) is 28.3 Å². The predicted molar refractivity (Wildman–Crippen MR) is 127 cm³/mol. The van der Waals surface area contributed by atoms with Gasteiger partial charge in [0, 0.05) is 24.9 Å². The van der Waals surface area contributed by atoms with Crippen LogP contribution in [-0.4, -0.2) is 43.8 Å². The van der Waals surface area contributed by atoms with Gasteiger partial charge in [-0.2, -0.15) is 11.8 Å². The maximum Gasteiger partial charge on any atom is 0.191 e. The van der Waals surface area contributed by atoms with Crippen LogP contribution in [-0.2, 0) is 6.54 Å². The van der Waals surface area contributed by atoms with Crippen LogP contribution in [0.1, 0.15) is 45.1 Å². The Labute approximate surface area is 185 Å². The fourth-order valence-electron chi connectivity index (χ4n) is 3.34. The summed E-state index contributed by atoms with van der Waals surface area (Å²) in [5, 5.41) is 7.80. The summed E-state index contributed by atoms with van der Waals surface area (Å²) >= 11 is 2.08. The number of hydrogen-bond acceptors (Lipinski definition) is 4. The molecule has 0 radical (unpaired) electrons. The molecule has 0 aromatic heterocycles. The zero-order valence-electron chi connectivity index (χ0n) is 16.9. The van der Waals surface area contributed by atoms with Crippen molar-refractivity contribution in [2.24, 2.45) is 4.99 Å². The zero-order valence-corrected chi connectivity index (χ0v) is 20.1. The van der Waals surface area contributed by atoms with E-state index in [-0.39, 0.29) is 24.0 Å². The van der Waals surface area contributed by atoms with Gasteiger partial charge in [-0.05, 0) is 49.6 Å². The van der Waals surface area contributed by atoms with E-state index in [2.05, 4.69) is 40.4 Å². The topological polar surface area (TPSA) is 54.9 Å². The normalized spacial score (nSPS) is 19.8. The van der Waals surface area contributed by atoms with Crippen LogP contribution < -0.4 is 20.1 Å². The third-order valence-corrected chi connectivity index (χ3v) is 5.81. The quantitative estimate of drug-likeness (QED) is 0.310.